The van der Waals surface area contributed by atoms with Gasteiger partial charge in [0.1, 0.15) is 14.5 Å². The van der Waals surface area contributed by atoms with Crippen molar-refractivity contribution in [2.24, 2.45) is 0 Å². The van der Waals surface area contributed by atoms with E-state index in [1.807, 2.05) is 12.1 Å². The first-order valence-corrected chi connectivity index (χ1v) is 8.16. The molecular weight excluding hydrogens is 318 g/mol. The van der Waals surface area contributed by atoms with Gasteiger partial charge in [0.15, 0.2) is 0 Å². The Morgan fingerprint density at radius 1 is 1.17 bits per heavy atom. The van der Waals surface area contributed by atoms with Gasteiger partial charge in [-0.05, 0) is 22.0 Å². The SMILES string of the molecule is [B]c1c(COc2nc3c(s2)[B]c2ccccc2-3)cc(N)c(N)c1N. The maximum atomic E-state index is 5.99. The van der Waals surface area contributed by atoms with Crippen molar-refractivity contribution in [3.05, 3.63) is 35.9 Å². The highest BCUT2D eigenvalue weighted by molar-refractivity contribution is 7.25. The molecule has 0 atom stereocenters. The molecule has 4 rings (SSSR count). The molecule has 1 aliphatic rings. The van der Waals surface area contributed by atoms with Crippen LogP contribution in [0.1, 0.15) is 5.56 Å². The zero-order chi connectivity index (χ0) is 16.8. The molecule has 115 valence electrons. The Morgan fingerprint density at radius 2 is 1.96 bits per heavy atom. The molecule has 0 saturated carbocycles. The average Bonchev–Trinajstić information content (AvgIpc) is 3.12. The molecule has 0 aliphatic carbocycles. The van der Waals surface area contributed by atoms with Gasteiger partial charge in [-0.15, -0.1) is 0 Å². The van der Waals surface area contributed by atoms with Crippen molar-refractivity contribution in [2.45, 2.75) is 6.61 Å². The van der Waals surface area contributed by atoms with E-state index in [-0.39, 0.29) is 12.3 Å². The van der Waals surface area contributed by atoms with Crippen molar-refractivity contribution in [3.8, 4) is 16.5 Å². The lowest BCUT2D eigenvalue weighted by atomic mass is 9.73. The van der Waals surface area contributed by atoms with E-state index in [1.54, 1.807) is 6.07 Å². The molecule has 0 spiro atoms. The lowest BCUT2D eigenvalue weighted by molar-refractivity contribution is 0.306. The zero-order valence-corrected chi connectivity index (χ0v) is 13.6. The second kappa shape index (κ2) is 5.49. The van der Waals surface area contributed by atoms with Gasteiger partial charge < -0.3 is 21.9 Å². The first-order valence-electron chi connectivity index (χ1n) is 7.34. The van der Waals surface area contributed by atoms with E-state index >= 15 is 0 Å². The predicted octanol–water partition coefficient (Wildman–Crippen LogP) is -0.102. The molecule has 6 N–H and O–H groups in total. The first kappa shape index (κ1) is 15.0. The molecule has 2 aromatic carbocycles. The molecule has 0 bridgehead atoms. The second-order valence-corrected chi connectivity index (χ2v) is 6.57. The van der Waals surface area contributed by atoms with E-state index in [1.165, 1.54) is 16.8 Å². The minimum absolute atomic E-state index is 0.231. The largest absolute Gasteiger partial charge is 0.465 e. The van der Waals surface area contributed by atoms with Crippen molar-refractivity contribution < 1.29 is 4.74 Å². The summed E-state index contributed by atoms with van der Waals surface area (Å²) in [4.78, 5) is 4.58. The van der Waals surface area contributed by atoms with Gasteiger partial charge in [-0.3, -0.25) is 0 Å². The Hall–Kier alpha value is -2.60. The highest BCUT2D eigenvalue weighted by Crippen LogP contribution is 2.28. The number of nitrogens with zero attached hydrogens (tertiary/aromatic N) is 1. The number of hydrogen-bond acceptors (Lipinski definition) is 6. The monoisotopic (exact) mass is 331 g/mol. The third kappa shape index (κ3) is 2.30. The van der Waals surface area contributed by atoms with Crippen molar-refractivity contribution >= 4 is 59.2 Å². The third-order valence-electron chi connectivity index (χ3n) is 4.05. The van der Waals surface area contributed by atoms with Gasteiger partial charge in [-0.2, -0.15) is 0 Å². The van der Waals surface area contributed by atoms with Crippen LogP contribution in [0.2, 0.25) is 0 Å². The summed E-state index contributed by atoms with van der Waals surface area (Å²) in [5.74, 6) is 0. The molecule has 0 amide bonds. The lowest BCUT2D eigenvalue weighted by Crippen LogP contribution is -2.20. The third-order valence-corrected chi connectivity index (χ3v) is 4.97. The minimum atomic E-state index is 0.231. The molecule has 3 radical (unpaired) electrons. The molecule has 2 heterocycles. The summed E-state index contributed by atoms with van der Waals surface area (Å²) in [5, 5.41) is 0.583. The van der Waals surface area contributed by atoms with Gasteiger partial charge in [0, 0.05) is 0 Å². The second-order valence-electron chi connectivity index (χ2n) is 5.58. The van der Waals surface area contributed by atoms with E-state index in [2.05, 4.69) is 24.4 Å². The molecule has 1 aliphatic heterocycles. The quantitative estimate of drug-likeness (QED) is 0.360. The molecule has 0 saturated heterocycles. The molecular formula is C16H13B2N4OS. The molecule has 3 aromatic rings. The molecule has 5 nitrogen and oxygen atoms in total. The summed E-state index contributed by atoms with van der Waals surface area (Å²) in [7, 11) is 8.10. The highest BCUT2D eigenvalue weighted by atomic mass is 32.1. The fourth-order valence-corrected chi connectivity index (χ4v) is 3.60. The number of nitrogen functional groups attached to an aromatic ring is 3. The van der Waals surface area contributed by atoms with E-state index < -0.39 is 0 Å². The molecule has 24 heavy (non-hydrogen) atoms. The fraction of sp³-hybridized carbons (Fsp3) is 0.0625. The number of anilines is 3. The molecule has 0 unspecified atom stereocenters. The first-order chi connectivity index (χ1) is 11.5. The normalized spacial score (nSPS) is 11.7. The van der Waals surface area contributed by atoms with E-state index in [9.17, 15) is 0 Å². The van der Waals surface area contributed by atoms with E-state index in [4.69, 9.17) is 29.8 Å². The number of thiazole rings is 1. The van der Waals surface area contributed by atoms with Crippen LogP contribution in [0, 0.1) is 0 Å². The van der Waals surface area contributed by atoms with Crippen LogP contribution in [0.4, 0.5) is 17.1 Å². The Kier molecular flexibility index (Phi) is 3.42. The number of nitrogens with two attached hydrogens (primary N) is 3. The molecule has 8 heteroatoms. The topological polar surface area (TPSA) is 100 Å². The number of benzene rings is 2. The fourth-order valence-electron chi connectivity index (χ4n) is 2.72. The average molecular weight is 331 g/mol. The summed E-state index contributed by atoms with van der Waals surface area (Å²) in [6.45, 7) is 0.231. The van der Waals surface area contributed by atoms with Crippen molar-refractivity contribution in [1.29, 1.82) is 0 Å². The maximum Gasteiger partial charge on any atom is 0.273 e. The van der Waals surface area contributed by atoms with Gasteiger partial charge >= 0.3 is 0 Å². The Labute approximate surface area is 145 Å². The Balaban J connectivity index is 1.57. The van der Waals surface area contributed by atoms with Crippen molar-refractivity contribution in [3.63, 3.8) is 0 Å². The summed E-state index contributed by atoms with van der Waals surface area (Å²) in [6.07, 6.45) is 0. The summed E-state index contributed by atoms with van der Waals surface area (Å²) in [6, 6.07) is 9.83. The van der Waals surface area contributed by atoms with Crippen LogP contribution >= 0.6 is 11.3 Å². The number of hydrogen-bond donors (Lipinski definition) is 3. The Morgan fingerprint density at radius 3 is 2.79 bits per heavy atom. The van der Waals surface area contributed by atoms with Crippen LogP contribution < -0.4 is 37.6 Å². The van der Waals surface area contributed by atoms with Gasteiger partial charge in [-0.25, -0.2) is 4.98 Å². The smallest absolute Gasteiger partial charge is 0.273 e. The Bertz CT molecular complexity index is 957. The van der Waals surface area contributed by atoms with E-state index in [0.29, 0.717) is 27.6 Å². The van der Waals surface area contributed by atoms with Crippen LogP contribution in [0.3, 0.4) is 0 Å². The number of rotatable bonds is 3. The summed E-state index contributed by atoms with van der Waals surface area (Å²) < 4.78 is 6.88. The highest BCUT2D eigenvalue weighted by Gasteiger charge is 2.24. The van der Waals surface area contributed by atoms with Crippen LogP contribution in [-0.4, -0.2) is 20.1 Å². The standard InChI is InChI=1S/C16H13B2N4OS/c17-11-7(5-10(19)12(20)13(11)21)6-23-16-22-14-8-3-1-2-4-9(8)18-15(14)24-16/h1-5H,6,19-21H2. The maximum absolute atomic E-state index is 5.99. The van der Waals surface area contributed by atoms with Crippen LogP contribution in [0.5, 0.6) is 5.19 Å². The van der Waals surface area contributed by atoms with E-state index in [0.717, 1.165) is 16.0 Å². The predicted molar refractivity (Wildman–Crippen MR) is 102 cm³/mol. The zero-order valence-electron chi connectivity index (χ0n) is 12.7. The molecule has 1 aromatic heterocycles. The van der Waals surface area contributed by atoms with Crippen LogP contribution in [0.25, 0.3) is 11.3 Å². The van der Waals surface area contributed by atoms with Crippen molar-refractivity contribution in [1.82, 2.24) is 4.98 Å². The minimum Gasteiger partial charge on any atom is -0.465 e. The van der Waals surface area contributed by atoms with Crippen molar-refractivity contribution in [2.75, 3.05) is 17.2 Å². The summed E-state index contributed by atoms with van der Waals surface area (Å²) >= 11 is 1.50. The number of aromatic nitrogens is 1. The lowest BCUT2D eigenvalue weighted by Gasteiger charge is -2.13. The van der Waals surface area contributed by atoms with Gasteiger partial charge in [0.25, 0.3) is 5.19 Å². The van der Waals surface area contributed by atoms with Gasteiger partial charge in [0.05, 0.1) is 22.8 Å². The number of ether oxygens (including phenoxy) is 1. The van der Waals surface area contributed by atoms with Crippen LogP contribution in [-0.2, 0) is 6.61 Å². The summed E-state index contributed by atoms with van der Waals surface area (Å²) in [5.41, 5.74) is 22.8. The van der Waals surface area contributed by atoms with Gasteiger partial charge in [0.2, 0.25) is 7.28 Å². The van der Waals surface area contributed by atoms with Gasteiger partial charge in [-0.1, -0.05) is 46.5 Å². The number of fused-ring (bicyclic) bond motifs is 3. The molecule has 0 fully saturated rings. The van der Waals surface area contributed by atoms with Crippen LogP contribution in [0.15, 0.2) is 30.3 Å².